The summed E-state index contributed by atoms with van der Waals surface area (Å²) in [5.41, 5.74) is 0. The number of esters is 1. The van der Waals surface area contributed by atoms with Crippen molar-refractivity contribution in [2.45, 2.75) is 13.0 Å². The van der Waals surface area contributed by atoms with E-state index in [-0.39, 0.29) is 0 Å². The molecule has 0 aromatic heterocycles. The largest absolute Gasteiger partial charge is 0.497 e. The van der Waals surface area contributed by atoms with E-state index in [0.717, 1.165) is 5.75 Å². The van der Waals surface area contributed by atoms with Crippen LogP contribution in [0.2, 0.25) is 0 Å². The second-order valence-electron chi connectivity index (χ2n) is 2.96. The Bertz CT molecular complexity index is 318. The average molecular weight is 210 g/mol. The summed E-state index contributed by atoms with van der Waals surface area (Å²) in [6.07, 6.45) is -0.608. The highest BCUT2D eigenvalue weighted by atomic mass is 16.6. The van der Waals surface area contributed by atoms with Crippen LogP contribution in [-0.4, -0.2) is 26.3 Å². The van der Waals surface area contributed by atoms with Gasteiger partial charge in [-0.25, -0.2) is 4.79 Å². The number of hydrogen-bond acceptors (Lipinski definition) is 4. The second-order valence-corrected chi connectivity index (χ2v) is 2.96. The van der Waals surface area contributed by atoms with Gasteiger partial charge in [0, 0.05) is 0 Å². The summed E-state index contributed by atoms with van der Waals surface area (Å²) in [6.45, 7) is 1.63. The van der Waals surface area contributed by atoms with Gasteiger partial charge in [-0.1, -0.05) is 0 Å². The van der Waals surface area contributed by atoms with E-state index in [9.17, 15) is 4.79 Å². The molecule has 0 saturated heterocycles. The predicted molar refractivity (Wildman–Crippen MR) is 55.1 cm³/mol. The molecule has 4 heteroatoms. The van der Waals surface area contributed by atoms with Crippen LogP contribution in [0, 0.1) is 0 Å². The van der Waals surface area contributed by atoms with E-state index < -0.39 is 12.1 Å². The fraction of sp³-hybridized carbons (Fsp3) is 0.364. The Balaban J connectivity index is 2.60. The molecule has 0 radical (unpaired) electrons. The molecule has 15 heavy (non-hydrogen) atoms. The van der Waals surface area contributed by atoms with Crippen molar-refractivity contribution < 1.29 is 19.0 Å². The van der Waals surface area contributed by atoms with Crippen LogP contribution >= 0.6 is 0 Å². The minimum Gasteiger partial charge on any atom is -0.497 e. The van der Waals surface area contributed by atoms with Crippen LogP contribution in [0.1, 0.15) is 6.92 Å². The standard InChI is InChI=1S/C11H14O4/c1-8(11(12)14-3)15-10-6-4-9(13-2)5-7-10/h4-8H,1-3H3/t8-/m1/s1. The molecule has 0 heterocycles. The molecule has 1 aromatic carbocycles. The highest BCUT2D eigenvalue weighted by Gasteiger charge is 2.14. The number of carbonyl (C=O) groups is 1. The first-order valence-electron chi connectivity index (χ1n) is 4.56. The van der Waals surface area contributed by atoms with Gasteiger partial charge in [-0.05, 0) is 31.2 Å². The zero-order chi connectivity index (χ0) is 11.3. The third kappa shape index (κ3) is 3.16. The molecule has 0 spiro atoms. The lowest BCUT2D eigenvalue weighted by Crippen LogP contribution is -2.24. The molecule has 0 bridgehead atoms. The molecule has 1 rings (SSSR count). The van der Waals surface area contributed by atoms with E-state index in [1.165, 1.54) is 7.11 Å². The van der Waals surface area contributed by atoms with Crippen LogP contribution < -0.4 is 9.47 Å². The van der Waals surface area contributed by atoms with Crippen LogP contribution in [-0.2, 0) is 9.53 Å². The topological polar surface area (TPSA) is 44.8 Å². The van der Waals surface area contributed by atoms with Crippen molar-refractivity contribution in [1.82, 2.24) is 0 Å². The van der Waals surface area contributed by atoms with Crippen LogP contribution in [0.5, 0.6) is 11.5 Å². The van der Waals surface area contributed by atoms with E-state index in [1.54, 1.807) is 38.3 Å². The number of ether oxygens (including phenoxy) is 3. The normalized spacial score (nSPS) is 11.7. The van der Waals surface area contributed by atoms with Gasteiger partial charge in [0.2, 0.25) is 0 Å². The van der Waals surface area contributed by atoms with Crippen LogP contribution in [0.15, 0.2) is 24.3 Å². The highest BCUT2D eigenvalue weighted by Crippen LogP contribution is 2.18. The van der Waals surface area contributed by atoms with Gasteiger partial charge in [-0.15, -0.1) is 0 Å². The zero-order valence-electron chi connectivity index (χ0n) is 9.02. The maximum atomic E-state index is 11.1. The van der Waals surface area contributed by atoms with E-state index in [4.69, 9.17) is 9.47 Å². The minimum absolute atomic E-state index is 0.397. The van der Waals surface area contributed by atoms with Gasteiger partial charge in [0.25, 0.3) is 0 Å². The summed E-state index contributed by atoms with van der Waals surface area (Å²) in [6, 6.07) is 7.00. The summed E-state index contributed by atoms with van der Waals surface area (Å²) >= 11 is 0. The summed E-state index contributed by atoms with van der Waals surface area (Å²) in [5, 5.41) is 0. The maximum Gasteiger partial charge on any atom is 0.346 e. The smallest absolute Gasteiger partial charge is 0.346 e. The SMILES string of the molecule is COC(=O)[C@@H](C)Oc1ccc(OC)cc1. The van der Waals surface area contributed by atoms with Gasteiger partial charge in [-0.3, -0.25) is 0 Å². The molecule has 1 aromatic rings. The highest BCUT2D eigenvalue weighted by molar-refractivity contribution is 5.74. The lowest BCUT2D eigenvalue weighted by molar-refractivity contribution is -0.147. The molecule has 0 aliphatic carbocycles. The first-order chi connectivity index (χ1) is 7.17. The Kier molecular flexibility index (Phi) is 3.97. The molecular formula is C11H14O4. The van der Waals surface area contributed by atoms with Crippen LogP contribution in [0.3, 0.4) is 0 Å². The van der Waals surface area contributed by atoms with Gasteiger partial charge < -0.3 is 14.2 Å². The van der Waals surface area contributed by atoms with Crippen molar-refractivity contribution >= 4 is 5.97 Å². The Morgan fingerprint density at radius 2 is 1.67 bits per heavy atom. The van der Waals surface area contributed by atoms with Crippen LogP contribution in [0.4, 0.5) is 0 Å². The van der Waals surface area contributed by atoms with Crippen LogP contribution in [0.25, 0.3) is 0 Å². The second kappa shape index (κ2) is 5.24. The predicted octanol–water partition coefficient (Wildman–Crippen LogP) is 1.64. The molecule has 82 valence electrons. The molecule has 0 fully saturated rings. The summed E-state index contributed by atoms with van der Waals surface area (Å²) in [7, 11) is 2.92. The first kappa shape index (κ1) is 11.4. The number of hydrogen-bond donors (Lipinski definition) is 0. The fourth-order valence-electron chi connectivity index (χ4n) is 1.07. The molecule has 0 N–H and O–H groups in total. The Morgan fingerprint density at radius 3 is 2.13 bits per heavy atom. The van der Waals surface area contributed by atoms with Crippen molar-refractivity contribution in [3.05, 3.63) is 24.3 Å². The van der Waals surface area contributed by atoms with Crippen molar-refractivity contribution in [2.75, 3.05) is 14.2 Å². The fourth-order valence-corrected chi connectivity index (χ4v) is 1.07. The maximum absolute atomic E-state index is 11.1. The lowest BCUT2D eigenvalue weighted by Gasteiger charge is -2.12. The van der Waals surface area contributed by atoms with Crippen molar-refractivity contribution in [2.24, 2.45) is 0 Å². The summed E-state index contributed by atoms with van der Waals surface area (Å²) < 4.78 is 14.9. The molecule has 0 aliphatic rings. The summed E-state index contributed by atoms with van der Waals surface area (Å²) in [5.74, 6) is 0.951. The van der Waals surface area contributed by atoms with Gasteiger partial charge in [-0.2, -0.15) is 0 Å². The first-order valence-corrected chi connectivity index (χ1v) is 4.56. The van der Waals surface area contributed by atoms with Gasteiger partial charge >= 0.3 is 5.97 Å². The minimum atomic E-state index is -0.608. The Hall–Kier alpha value is -1.71. The van der Waals surface area contributed by atoms with Crippen molar-refractivity contribution in [3.8, 4) is 11.5 Å². The van der Waals surface area contributed by atoms with E-state index in [0.29, 0.717) is 5.75 Å². The zero-order valence-corrected chi connectivity index (χ0v) is 9.02. The Labute approximate surface area is 88.8 Å². The van der Waals surface area contributed by atoms with Crippen molar-refractivity contribution in [1.29, 1.82) is 0 Å². The molecule has 0 aliphatic heterocycles. The molecule has 4 nitrogen and oxygen atoms in total. The molecule has 0 saturated carbocycles. The van der Waals surface area contributed by atoms with Crippen molar-refractivity contribution in [3.63, 3.8) is 0 Å². The number of carbonyl (C=O) groups excluding carboxylic acids is 1. The molecule has 1 atom stereocenters. The van der Waals surface area contributed by atoms with Gasteiger partial charge in [0.15, 0.2) is 6.10 Å². The molecule has 0 unspecified atom stereocenters. The Morgan fingerprint density at radius 1 is 1.13 bits per heavy atom. The van der Waals surface area contributed by atoms with Gasteiger partial charge in [0.05, 0.1) is 14.2 Å². The number of methoxy groups -OCH3 is 2. The monoisotopic (exact) mass is 210 g/mol. The van der Waals surface area contributed by atoms with E-state index in [2.05, 4.69) is 4.74 Å². The van der Waals surface area contributed by atoms with Gasteiger partial charge in [0.1, 0.15) is 11.5 Å². The third-order valence-corrected chi connectivity index (χ3v) is 1.91. The van der Waals surface area contributed by atoms with E-state index >= 15 is 0 Å². The molecular weight excluding hydrogens is 196 g/mol. The third-order valence-electron chi connectivity index (χ3n) is 1.91. The summed E-state index contributed by atoms with van der Waals surface area (Å²) in [4.78, 5) is 11.1. The quantitative estimate of drug-likeness (QED) is 0.708. The number of benzene rings is 1. The molecule has 0 amide bonds. The average Bonchev–Trinajstić information content (AvgIpc) is 2.29. The lowest BCUT2D eigenvalue weighted by atomic mass is 10.3. The van der Waals surface area contributed by atoms with E-state index in [1.807, 2.05) is 0 Å². The number of rotatable bonds is 4.